The summed E-state index contributed by atoms with van der Waals surface area (Å²) in [6.45, 7) is 22.3. The first-order valence-corrected chi connectivity index (χ1v) is 25.6. The van der Waals surface area contributed by atoms with Gasteiger partial charge in [-0.15, -0.1) is 0 Å². The molecule has 0 amide bonds. The summed E-state index contributed by atoms with van der Waals surface area (Å²) < 4.78 is 32.8. The molecule has 1 saturated heterocycles. The molecule has 1 aliphatic rings. The van der Waals surface area contributed by atoms with E-state index in [0.29, 0.717) is 52.9 Å². The number of hydrogen-bond acceptors (Lipinski definition) is 10. The molecule has 0 unspecified atom stereocenters. The third kappa shape index (κ3) is 20.7. The number of ether oxygens (including phenoxy) is 6. The molecule has 13 heteroatoms. The van der Waals surface area contributed by atoms with Crippen LogP contribution in [-0.4, -0.2) is 94.7 Å². The number of aromatic nitrogens is 2. The van der Waals surface area contributed by atoms with Gasteiger partial charge >= 0.3 is 73.4 Å². The van der Waals surface area contributed by atoms with Crippen LogP contribution in [0.5, 0.6) is 11.5 Å². The maximum atomic E-state index is 5.67. The van der Waals surface area contributed by atoms with Crippen LogP contribution in [0.15, 0.2) is 104 Å². The summed E-state index contributed by atoms with van der Waals surface area (Å²) in [5.74, 6) is 1.63. The minimum absolute atomic E-state index is 0.549. The van der Waals surface area contributed by atoms with Gasteiger partial charge in [0, 0.05) is 63.5 Å². The van der Waals surface area contributed by atoms with E-state index in [-0.39, 0.29) is 0 Å². The molecule has 334 valence electrons. The Kier molecular flexibility index (Phi) is 25.4. The van der Waals surface area contributed by atoms with E-state index in [1.54, 1.807) is 39.0 Å². The van der Waals surface area contributed by atoms with Crippen LogP contribution >= 0.6 is 19.4 Å². The summed E-state index contributed by atoms with van der Waals surface area (Å²) in [4.78, 5) is 12.6. The third-order valence-corrected chi connectivity index (χ3v) is 10.7. The van der Waals surface area contributed by atoms with Crippen LogP contribution in [0.1, 0.15) is 38.9 Å². The molecular formula is C48H63Cl2N4O6Ru-. The molecule has 3 heterocycles. The fourth-order valence-corrected chi connectivity index (χ4v) is 8.32. The van der Waals surface area contributed by atoms with Crippen molar-refractivity contribution in [2.45, 2.75) is 41.5 Å². The van der Waals surface area contributed by atoms with Crippen LogP contribution in [0.3, 0.4) is 0 Å². The summed E-state index contributed by atoms with van der Waals surface area (Å²) >= 11 is -1.61. The van der Waals surface area contributed by atoms with Gasteiger partial charge in [0.25, 0.3) is 0 Å². The van der Waals surface area contributed by atoms with Gasteiger partial charge in [-0.05, 0) is 88.1 Å². The second kappa shape index (κ2) is 30.2. The molecule has 61 heavy (non-hydrogen) atoms. The summed E-state index contributed by atoms with van der Waals surface area (Å²) in [6.07, 6.45) is 6.78. The van der Waals surface area contributed by atoms with Crippen LogP contribution in [0, 0.1) is 48.2 Å². The number of nitrogens with zero attached hydrogens (tertiary/aromatic N) is 4. The Morgan fingerprint density at radius 1 is 0.557 bits per heavy atom. The van der Waals surface area contributed by atoms with Crippen molar-refractivity contribution in [1.29, 1.82) is 0 Å². The number of benzene rings is 3. The first-order chi connectivity index (χ1) is 29.5. The first kappa shape index (κ1) is 51.4. The molecule has 6 rings (SSSR count). The number of methoxy groups -OCH3 is 2. The van der Waals surface area contributed by atoms with Gasteiger partial charge < -0.3 is 38.2 Å². The Balaban J connectivity index is 0.000000228. The fourth-order valence-electron chi connectivity index (χ4n) is 6.49. The van der Waals surface area contributed by atoms with Crippen molar-refractivity contribution in [3.8, 4) is 11.5 Å². The average Bonchev–Trinajstić information content (AvgIpc) is 3.70. The quantitative estimate of drug-likeness (QED) is 0.0510. The normalized spacial score (nSPS) is 11.9. The van der Waals surface area contributed by atoms with E-state index in [4.69, 9.17) is 47.8 Å². The van der Waals surface area contributed by atoms with Crippen molar-refractivity contribution in [3.05, 3.63) is 149 Å². The molecular weight excluding hydrogens is 901 g/mol. The van der Waals surface area contributed by atoms with Crippen molar-refractivity contribution in [3.63, 3.8) is 0 Å². The van der Waals surface area contributed by atoms with Crippen LogP contribution in [0.4, 0.5) is 11.4 Å². The Hall–Kier alpha value is -3.93. The van der Waals surface area contributed by atoms with Crippen molar-refractivity contribution >= 4 is 35.4 Å². The van der Waals surface area contributed by atoms with E-state index in [0.717, 1.165) is 30.2 Å². The predicted molar refractivity (Wildman–Crippen MR) is 248 cm³/mol. The molecule has 1 fully saturated rings. The molecule has 3 aromatic carbocycles. The number of rotatable bonds is 17. The second-order valence-electron chi connectivity index (χ2n) is 14.0. The van der Waals surface area contributed by atoms with Crippen molar-refractivity contribution in [2.24, 2.45) is 0 Å². The van der Waals surface area contributed by atoms with E-state index >= 15 is 0 Å². The molecule has 10 nitrogen and oxygen atoms in total. The van der Waals surface area contributed by atoms with E-state index in [2.05, 4.69) is 92.2 Å². The molecule has 1 aliphatic heterocycles. The van der Waals surface area contributed by atoms with E-state index in [1.165, 1.54) is 44.8 Å². The van der Waals surface area contributed by atoms with E-state index in [9.17, 15) is 0 Å². The standard InChI is InChI=1S/C21H27N2.2C10H15NO3.C7H6.2ClH.Ru/c1-14-9-16(3)20(17(4)10-14)22-7-8-23(13-22)21-18(5)11-15(2)12-19(21)6;2*1-12-6-7-13-8-9-14-10-2-4-11-5-3-10;1-7-5-3-2-4-6-7;;;/h9-13H,7-8H2,1-6H3;2*2-5H,6-9H2,1H3;1-6H;2*1H;/q-1;;;;;;+2/p-2. The van der Waals surface area contributed by atoms with Crippen LogP contribution in [0.25, 0.3) is 0 Å². The van der Waals surface area contributed by atoms with Gasteiger partial charge in [0.05, 0.1) is 39.6 Å². The van der Waals surface area contributed by atoms with Gasteiger partial charge in [0.1, 0.15) is 24.7 Å². The molecule has 5 aromatic rings. The number of pyridine rings is 2. The molecule has 0 atom stereocenters. The van der Waals surface area contributed by atoms with Crippen LogP contribution in [-0.2, 0) is 32.5 Å². The number of anilines is 2. The van der Waals surface area contributed by atoms with Crippen LogP contribution < -0.4 is 19.3 Å². The van der Waals surface area contributed by atoms with E-state index in [1.807, 2.05) is 59.2 Å². The fraction of sp³-hybridized carbons (Fsp3) is 0.375. The molecule has 0 bridgehead atoms. The number of hydrogen-bond donors (Lipinski definition) is 0. The zero-order valence-corrected chi connectivity index (χ0v) is 40.1. The van der Waals surface area contributed by atoms with Gasteiger partial charge in [-0.3, -0.25) is 9.97 Å². The second-order valence-corrected chi connectivity index (χ2v) is 19.7. The van der Waals surface area contributed by atoms with Gasteiger partial charge in [-0.2, -0.15) is 6.67 Å². The van der Waals surface area contributed by atoms with E-state index < -0.39 is 13.5 Å². The summed E-state index contributed by atoms with van der Waals surface area (Å²) in [6, 6.07) is 26.3. The zero-order valence-electron chi connectivity index (χ0n) is 36.9. The van der Waals surface area contributed by atoms with Crippen molar-refractivity contribution in [2.75, 3.05) is 90.0 Å². The zero-order chi connectivity index (χ0) is 44.2. The summed E-state index contributed by atoms with van der Waals surface area (Å²) in [7, 11) is 14.6. The van der Waals surface area contributed by atoms with Gasteiger partial charge in [0.15, 0.2) is 0 Å². The summed E-state index contributed by atoms with van der Waals surface area (Å²) in [5, 5.41) is 0. The molecule has 0 saturated carbocycles. The van der Waals surface area contributed by atoms with Gasteiger partial charge in [0.2, 0.25) is 0 Å². The molecule has 0 aliphatic carbocycles. The van der Waals surface area contributed by atoms with Gasteiger partial charge in [-0.25, -0.2) is 0 Å². The maximum absolute atomic E-state index is 5.67. The Morgan fingerprint density at radius 3 is 1.30 bits per heavy atom. The molecule has 0 N–H and O–H groups in total. The van der Waals surface area contributed by atoms with Crippen molar-refractivity contribution < 1.29 is 41.9 Å². The molecule has 0 radical (unpaired) electrons. The van der Waals surface area contributed by atoms with Gasteiger partial charge in [-0.1, -0.05) is 35.4 Å². The predicted octanol–water partition coefficient (Wildman–Crippen LogP) is 9.99. The SMILES string of the molecule is COCCOCCOc1ccncc1.COCCOCCOc1ccncc1.Cc1cc(C)c(N2[CH-]N(c3c(C)cc(C)cc3C)CC2)c(C)c1.[Cl][Ru]([Cl])=[CH]c1ccccc1. The molecule has 0 spiro atoms. The Labute approximate surface area is 377 Å². The average molecular weight is 964 g/mol. The first-order valence-electron chi connectivity index (χ1n) is 20.1. The van der Waals surface area contributed by atoms with Crippen LogP contribution in [0.2, 0.25) is 0 Å². The number of aryl methyl sites for hydroxylation is 6. The topological polar surface area (TPSA) is 87.6 Å². The minimum atomic E-state index is -1.61. The molecule has 2 aromatic heterocycles. The monoisotopic (exact) mass is 963 g/mol. The Morgan fingerprint density at radius 2 is 0.934 bits per heavy atom. The third-order valence-electron chi connectivity index (χ3n) is 8.86. The van der Waals surface area contributed by atoms with Crippen molar-refractivity contribution in [1.82, 2.24) is 9.97 Å². The number of halogens is 2. The Bertz CT molecular complexity index is 1820. The summed E-state index contributed by atoms with van der Waals surface area (Å²) in [5.41, 5.74) is 12.0.